The quantitative estimate of drug-likeness (QED) is 0.630. The van der Waals surface area contributed by atoms with Gasteiger partial charge in [0, 0.05) is 11.4 Å². The first-order chi connectivity index (χ1) is 9.27. The number of alkyl halides is 3. The maximum Gasteiger partial charge on any atom is 0.418 e. The second-order valence-electron chi connectivity index (χ2n) is 4.39. The van der Waals surface area contributed by atoms with Crippen LogP contribution in [-0.2, 0) is 6.18 Å². The Kier molecular flexibility index (Phi) is 3.57. The summed E-state index contributed by atoms with van der Waals surface area (Å²) in [7, 11) is 0. The maximum atomic E-state index is 13.2. The lowest BCUT2D eigenvalue weighted by atomic mass is 10.1. The van der Waals surface area contributed by atoms with Gasteiger partial charge in [0.2, 0.25) is 0 Å². The largest absolute Gasteiger partial charge is 0.418 e. The molecular formula is C14H12F4N2. The standard InChI is InChI=1S/C14H12F4N2/c1-8-2-3-9(15)6-13(8)20-12-5-4-10(19)7-11(12)14(16,17)18/h2-7,20H,19H2,1H3. The molecule has 0 aliphatic carbocycles. The number of anilines is 3. The molecule has 0 amide bonds. The van der Waals surface area contributed by atoms with E-state index in [4.69, 9.17) is 5.73 Å². The van der Waals surface area contributed by atoms with Crippen LogP contribution in [0.3, 0.4) is 0 Å². The molecular weight excluding hydrogens is 272 g/mol. The van der Waals surface area contributed by atoms with E-state index < -0.39 is 17.6 Å². The molecule has 2 nitrogen and oxygen atoms in total. The van der Waals surface area contributed by atoms with Crippen molar-refractivity contribution in [2.24, 2.45) is 0 Å². The van der Waals surface area contributed by atoms with E-state index in [1.54, 1.807) is 6.92 Å². The zero-order valence-electron chi connectivity index (χ0n) is 10.6. The van der Waals surface area contributed by atoms with Gasteiger partial charge in [-0.25, -0.2) is 4.39 Å². The molecule has 2 aromatic rings. The molecule has 3 N–H and O–H groups in total. The minimum absolute atomic E-state index is 0.0128. The van der Waals surface area contributed by atoms with E-state index >= 15 is 0 Å². The molecule has 20 heavy (non-hydrogen) atoms. The molecule has 0 saturated carbocycles. The highest BCUT2D eigenvalue weighted by molar-refractivity contribution is 5.68. The third-order valence-corrected chi connectivity index (χ3v) is 2.82. The lowest BCUT2D eigenvalue weighted by Gasteiger charge is -2.16. The van der Waals surface area contributed by atoms with E-state index in [0.717, 1.165) is 12.1 Å². The zero-order chi connectivity index (χ0) is 14.9. The number of hydrogen-bond acceptors (Lipinski definition) is 2. The number of nitrogens with one attached hydrogen (secondary N) is 1. The average molecular weight is 284 g/mol. The number of rotatable bonds is 2. The average Bonchev–Trinajstić information content (AvgIpc) is 2.34. The Bertz CT molecular complexity index is 636. The first kappa shape index (κ1) is 14.2. The van der Waals surface area contributed by atoms with Gasteiger partial charge in [0.15, 0.2) is 0 Å². The number of hydrogen-bond donors (Lipinski definition) is 2. The van der Waals surface area contributed by atoms with Crippen molar-refractivity contribution in [3.63, 3.8) is 0 Å². The summed E-state index contributed by atoms with van der Waals surface area (Å²) in [5.41, 5.74) is 5.26. The Balaban J connectivity index is 2.46. The van der Waals surface area contributed by atoms with Gasteiger partial charge < -0.3 is 11.1 Å². The highest BCUT2D eigenvalue weighted by Crippen LogP contribution is 2.37. The van der Waals surface area contributed by atoms with Crippen molar-refractivity contribution >= 4 is 17.1 Å². The summed E-state index contributed by atoms with van der Waals surface area (Å²) in [6, 6.07) is 7.30. The van der Waals surface area contributed by atoms with Crippen molar-refractivity contribution in [3.8, 4) is 0 Å². The SMILES string of the molecule is Cc1ccc(F)cc1Nc1ccc(N)cc1C(F)(F)F. The smallest absolute Gasteiger partial charge is 0.399 e. The van der Waals surface area contributed by atoms with Crippen LogP contribution in [0.15, 0.2) is 36.4 Å². The second-order valence-corrected chi connectivity index (χ2v) is 4.39. The number of benzene rings is 2. The Morgan fingerprint density at radius 3 is 2.35 bits per heavy atom. The van der Waals surface area contributed by atoms with Crippen molar-refractivity contribution in [1.82, 2.24) is 0 Å². The van der Waals surface area contributed by atoms with Crippen molar-refractivity contribution < 1.29 is 17.6 Å². The molecule has 0 aliphatic rings. The first-order valence-corrected chi connectivity index (χ1v) is 5.77. The van der Waals surface area contributed by atoms with Gasteiger partial charge in [-0.2, -0.15) is 13.2 Å². The van der Waals surface area contributed by atoms with Gasteiger partial charge in [-0.1, -0.05) is 6.07 Å². The summed E-state index contributed by atoms with van der Waals surface area (Å²) in [5, 5.41) is 2.60. The topological polar surface area (TPSA) is 38.0 Å². The van der Waals surface area contributed by atoms with E-state index in [2.05, 4.69) is 5.32 Å². The van der Waals surface area contributed by atoms with Crippen LogP contribution in [0.1, 0.15) is 11.1 Å². The molecule has 0 aliphatic heterocycles. The van der Waals surface area contributed by atoms with Crippen LogP contribution in [-0.4, -0.2) is 0 Å². The van der Waals surface area contributed by atoms with E-state index in [1.165, 1.54) is 24.3 Å². The predicted molar refractivity (Wildman–Crippen MR) is 70.3 cm³/mol. The summed E-state index contributed by atoms with van der Waals surface area (Å²) in [5.74, 6) is -0.526. The van der Waals surface area contributed by atoms with E-state index in [1.807, 2.05) is 0 Å². The van der Waals surface area contributed by atoms with E-state index in [0.29, 0.717) is 5.56 Å². The van der Waals surface area contributed by atoms with Crippen molar-refractivity contribution in [2.45, 2.75) is 13.1 Å². The molecule has 0 saturated heterocycles. The lowest BCUT2D eigenvalue weighted by molar-refractivity contribution is -0.136. The molecule has 106 valence electrons. The number of nitrogens with two attached hydrogens (primary N) is 1. The lowest BCUT2D eigenvalue weighted by Crippen LogP contribution is -2.10. The Hall–Kier alpha value is -2.24. The highest BCUT2D eigenvalue weighted by atomic mass is 19.4. The van der Waals surface area contributed by atoms with Crippen molar-refractivity contribution in [1.29, 1.82) is 0 Å². The van der Waals surface area contributed by atoms with Crippen LogP contribution in [0.4, 0.5) is 34.6 Å². The molecule has 6 heteroatoms. The minimum Gasteiger partial charge on any atom is -0.399 e. The van der Waals surface area contributed by atoms with Crippen LogP contribution in [0.2, 0.25) is 0 Å². The van der Waals surface area contributed by atoms with Crippen LogP contribution in [0, 0.1) is 12.7 Å². The Morgan fingerprint density at radius 1 is 1.00 bits per heavy atom. The maximum absolute atomic E-state index is 13.2. The zero-order valence-corrected chi connectivity index (χ0v) is 10.6. The summed E-state index contributed by atoms with van der Waals surface area (Å²) in [6.07, 6.45) is -4.54. The summed E-state index contributed by atoms with van der Waals surface area (Å²) < 4.78 is 52.0. The second kappa shape index (κ2) is 5.03. The Labute approximate surface area is 113 Å². The molecule has 0 aromatic heterocycles. The van der Waals surface area contributed by atoms with Gasteiger partial charge in [-0.3, -0.25) is 0 Å². The number of halogens is 4. The van der Waals surface area contributed by atoms with Gasteiger partial charge in [-0.05, 0) is 42.8 Å². The fraction of sp³-hybridized carbons (Fsp3) is 0.143. The molecule has 0 atom stereocenters. The highest BCUT2D eigenvalue weighted by Gasteiger charge is 2.33. The predicted octanol–water partition coefficient (Wildman–Crippen LogP) is 4.48. The molecule has 0 spiro atoms. The monoisotopic (exact) mass is 284 g/mol. The van der Waals surface area contributed by atoms with Crippen molar-refractivity contribution in [3.05, 3.63) is 53.3 Å². The Morgan fingerprint density at radius 2 is 1.70 bits per heavy atom. The molecule has 0 fully saturated rings. The van der Waals surface area contributed by atoms with Crippen LogP contribution in [0.25, 0.3) is 0 Å². The van der Waals surface area contributed by atoms with Gasteiger partial charge >= 0.3 is 6.18 Å². The molecule has 0 heterocycles. The van der Waals surface area contributed by atoms with Gasteiger partial charge in [-0.15, -0.1) is 0 Å². The number of aryl methyl sites for hydroxylation is 1. The first-order valence-electron chi connectivity index (χ1n) is 5.77. The van der Waals surface area contributed by atoms with Gasteiger partial charge in [0.1, 0.15) is 5.82 Å². The summed E-state index contributed by atoms with van der Waals surface area (Å²) in [4.78, 5) is 0. The normalized spacial score (nSPS) is 11.4. The molecule has 0 bridgehead atoms. The third-order valence-electron chi connectivity index (χ3n) is 2.82. The van der Waals surface area contributed by atoms with E-state index in [9.17, 15) is 17.6 Å². The van der Waals surface area contributed by atoms with Crippen LogP contribution in [0.5, 0.6) is 0 Å². The molecule has 0 radical (unpaired) electrons. The number of nitrogen functional groups attached to an aromatic ring is 1. The summed E-state index contributed by atoms with van der Waals surface area (Å²) >= 11 is 0. The molecule has 2 rings (SSSR count). The van der Waals surface area contributed by atoms with Crippen LogP contribution < -0.4 is 11.1 Å². The summed E-state index contributed by atoms with van der Waals surface area (Å²) in [6.45, 7) is 1.67. The molecule has 0 unspecified atom stereocenters. The van der Waals surface area contributed by atoms with E-state index in [-0.39, 0.29) is 17.1 Å². The minimum atomic E-state index is -4.54. The van der Waals surface area contributed by atoms with Crippen LogP contribution >= 0.6 is 0 Å². The molecule has 2 aromatic carbocycles. The van der Waals surface area contributed by atoms with Gasteiger partial charge in [0.05, 0.1) is 11.3 Å². The fourth-order valence-corrected chi connectivity index (χ4v) is 1.78. The van der Waals surface area contributed by atoms with Gasteiger partial charge in [0.25, 0.3) is 0 Å². The fourth-order valence-electron chi connectivity index (χ4n) is 1.78. The van der Waals surface area contributed by atoms with Crippen molar-refractivity contribution in [2.75, 3.05) is 11.1 Å². The third kappa shape index (κ3) is 3.01.